The molecule has 33 heavy (non-hydrogen) atoms. The second-order valence-electron chi connectivity index (χ2n) is 8.47. The Labute approximate surface area is 195 Å². The maximum absolute atomic E-state index is 12.7. The van der Waals surface area contributed by atoms with Crippen LogP contribution < -0.4 is 15.5 Å². The SMILES string of the molecule is Cc1cccc(NC(=O)Nc2ccc(N3CCN(C(=O)Cc4ccccc4C)CC3)cc2)c1. The maximum atomic E-state index is 12.7. The molecule has 0 spiro atoms. The molecule has 170 valence electrons. The average molecular weight is 443 g/mol. The molecule has 0 bridgehead atoms. The number of benzene rings is 3. The van der Waals surface area contributed by atoms with Crippen LogP contribution in [-0.4, -0.2) is 43.0 Å². The number of carbonyl (C=O) groups is 2. The lowest BCUT2D eigenvalue weighted by atomic mass is 10.1. The van der Waals surface area contributed by atoms with Crippen LogP contribution in [0.15, 0.2) is 72.8 Å². The zero-order valence-corrected chi connectivity index (χ0v) is 19.2. The summed E-state index contributed by atoms with van der Waals surface area (Å²) in [6, 6.07) is 23.3. The van der Waals surface area contributed by atoms with E-state index in [1.807, 2.05) is 91.5 Å². The molecule has 3 aromatic carbocycles. The summed E-state index contributed by atoms with van der Waals surface area (Å²) in [6.07, 6.45) is 0.456. The minimum absolute atomic E-state index is 0.183. The highest BCUT2D eigenvalue weighted by atomic mass is 16.2. The van der Waals surface area contributed by atoms with Gasteiger partial charge in [0.2, 0.25) is 5.91 Å². The van der Waals surface area contributed by atoms with Gasteiger partial charge in [0.25, 0.3) is 0 Å². The van der Waals surface area contributed by atoms with E-state index in [9.17, 15) is 9.59 Å². The van der Waals surface area contributed by atoms with Crippen LogP contribution in [0.2, 0.25) is 0 Å². The number of amides is 3. The van der Waals surface area contributed by atoms with Crippen LogP contribution in [-0.2, 0) is 11.2 Å². The first-order valence-corrected chi connectivity index (χ1v) is 11.3. The van der Waals surface area contributed by atoms with E-state index < -0.39 is 0 Å². The van der Waals surface area contributed by atoms with E-state index in [0.29, 0.717) is 19.5 Å². The molecule has 3 aromatic rings. The number of nitrogens with one attached hydrogen (secondary N) is 2. The number of urea groups is 1. The van der Waals surface area contributed by atoms with Gasteiger partial charge < -0.3 is 20.4 Å². The van der Waals surface area contributed by atoms with E-state index >= 15 is 0 Å². The maximum Gasteiger partial charge on any atom is 0.323 e. The van der Waals surface area contributed by atoms with Crippen LogP contribution in [0.5, 0.6) is 0 Å². The second kappa shape index (κ2) is 10.2. The van der Waals surface area contributed by atoms with Crippen molar-refractivity contribution in [3.63, 3.8) is 0 Å². The van der Waals surface area contributed by atoms with Crippen molar-refractivity contribution in [2.75, 3.05) is 41.7 Å². The highest BCUT2D eigenvalue weighted by molar-refractivity contribution is 5.99. The summed E-state index contributed by atoms with van der Waals surface area (Å²) in [4.78, 5) is 29.2. The fourth-order valence-corrected chi connectivity index (χ4v) is 4.07. The fourth-order valence-electron chi connectivity index (χ4n) is 4.07. The van der Waals surface area contributed by atoms with Crippen molar-refractivity contribution >= 4 is 29.0 Å². The second-order valence-corrected chi connectivity index (χ2v) is 8.47. The monoisotopic (exact) mass is 442 g/mol. The molecule has 3 amide bonds. The van der Waals surface area contributed by atoms with Crippen molar-refractivity contribution < 1.29 is 9.59 Å². The van der Waals surface area contributed by atoms with Gasteiger partial charge in [-0.15, -0.1) is 0 Å². The van der Waals surface area contributed by atoms with Gasteiger partial charge in [-0.05, 0) is 66.9 Å². The first kappa shape index (κ1) is 22.4. The molecule has 1 aliphatic rings. The fraction of sp³-hybridized carbons (Fsp3) is 0.259. The van der Waals surface area contributed by atoms with Crippen LogP contribution in [0.3, 0.4) is 0 Å². The van der Waals surface area contributed by atoms with Gasteiger partial charge in [0, 0.05) is 43.2 Å². The number of rotatable bonds is 5. The third kappa shape index (κ3) is 5.92. The standard InChI is InChI=1S/C27H30N4O2/c1-20-6-5-9-24(18-20)29-27(33)28-23-10-12-25(13-11-23)30-14-16-31(17-15-30)26(32)19-22-8-4-3-7-21(22)2/h3-13,18H,14-17,19H2,1-2H3,(H2,28,29,33). The summed E-state index contributed by atoms with van der Waals surface area (Å²) in [5.74, 6) is 0.183. The lowest BCUT2D eigenvalue weighted by Gasteiger charge is -2.36. The number of anilines is 3. The first-order valence-electron chi connectivity index (χ1n) is 11.3. The van der Waals surface area contributed by atoms with Gasteiger partial charge in [0.15, 0.2) is 0 Å². The zero-order chi connectivity index (χ0) is 23.2. The first-order chi connectivity index (χ1) is 16.0. The van der Waals surface area contributed by atoms with Gasteiger partial charge in [0.05, 0.1) is 6.42 Å². The lowest BCUT2D eigenvalue weighted by molar-refractivity contribution is -0.130. The highest BCUT2D eigenvalue weighted by Crippen LogP contribution is 2.20. The van der Waals surface area contributed by atoms with Crippen molar-refractivity contribution in [3.8, 4) is 0 Å². The van der Waals surface area contributed by atoms with Crippen molar-refractivity contribution in [1.29, 1.82) is 0 Å². The van der Waals surface area contributed by atoms with Gasteiger partial charge in [-0.2, -0.15) is 0 Å². The van der Waals surface area contributed by atoms with Crippen molar-refractivity contribution in [3.05, 3.63) is 89.5 Å². The van der Waals surface area contributed by atoms with E-state index in [4.69, 9.17) is 0 Å². The van der Waals surface area contributed by atoms with Crippen LogP contribution >= 0.6 is 0 Å². The van der Waals surface area contributed by atoms with E-state index in [1.165, 1.54) is 0 Å². The van der Waals surface area contributed by atoms with Crippen LogP contribution in [0.25, 0.3) is 0 Å². The van der Waals surface area contributed by atoms with Crippen LogP contribution in [0, 0.1) is 13.8 Å². The number of hydrogen-bond donors (Lipinski definition) is 2. The summed E-state index contributed by atoms with van der Waals surface area (Å²) in [7, 11) is 0. The summed E-state index contributed by atoms with van der Waals surface area (Å²) in [5, 5.41) is 5.72. The molecule has 6 nitrogen and oxygen atoms in total. The Morgan fingerprint density at radius 3 is 2.18 bits per heavy atom. The van der Waals surface area contributed by atoms with E-state index in [0.717, 1.165) is 46.8 Å². The Morgan fingerprint density at radius 2 is 1.48 bits per heavy atom. The third-order valence-corrected chi connectivity index (χ3v) is 6.00. The molecule has 1 aliphatic heterocycles. The number of hydrogen-bond acceptors (Lipinski definition) is 3. The minimum atomic E-state index is -0.269. The zero-order valence-electron chi connectivity index (χ0n) is 19.2. The number of aryl methyl sites for hydroxylation is 2. The molecule has 0 aromatic heterocycles. The van der Waals surface area contributed by atoms with Gasteiger partial charge >= 0.3 is 6.03 Å². The lowest BCUT2D eigenvalue weighted by Crippen LogP contribution is -2.49. The third-order valence-electron chi connectivity index (χ3n) is 6.00. The Bertz CT molecular complexity index is 1120. The molecule has 6 heteroatoms. The Balaban J connectivity index is 1.27. The van der Waals surface area contributed by atoms with Crippen molar-refractivity contribution in [2.24, 2.45) is 0 Å². The average Bonchev–Trinajstić information content (AvgIpc) is 2.81. The number of piperazine rings is 1. The Kier molecular flexibility index (Phi) is 6.93. The van der Waals surface area contributed by atoms with Gasteiger partial charge in [-0.1, -0.05) is 36.4 Å². The largest absolute Gasteiger partial charge is 0.368 e. The van der Waals surface area contributed by atoms with Crippen molar-refractivity contribution in [1.82, 2.24) is 4.90 Å². The van der Waals surface area contributed by atoms with Crippen LogP contribution in [0.4, 0.5) is 21.9 Å². The van der Waals surface area contributed by atoms with E-state index in [1.54, 1.807) is 0 Å². The molecule has 0 aliphatic carbocycles. The summed E-state index contributed by atoms with van der Waals surface area (Å²) in [5.41, 5.74) is 5.93. The molecule has 2 N–H and O–H groups in total. The Morgan fingerprint density at radius 1 is 0.788 bits per heavy atom. The summed E-state index contributed by atoms with van der Waals surface area (Å²) in [6.45, 7) is 7.04. The number of carbonyl (C=O) groups excluding carboxylic acids is 2. The molecular formula is C27H30N4O2. The molecule has 1 fully saturated rings. The van der Waals surface area contributed by atoms with E-state index in [2.05, 4.69) is 15.5 Å². The van der Waals surface area contributed by atoms with E-state index in [-0.39, 0.29) is 11.9 Å². The predicted molar refractivity (Wildman–Crippen MR) is 134 cm³/mol. The quantitative estimate of drug-likeness (QED) is 0.594. The number of nitrogens with zero attached hydrogens (tertiary/aromatic N) is 2. The predicted octanol–water partition coefficient (Wildman–Crippen LogP) is 4.84. The van der Waals surface area contributed by atoms with Crippen molar-refractivity contribution in [2.45, 2.75) is 20.3 Å². The normalized spacial score (nSPS) is 13.5. The highest BCUT2D eigenvalue weighted by Gasteiger charge is 2.21. The van der Waals surface area contributed by atoms with Crippen LogP contribution in [0.1, 0.15) is 16.7 Å². The molecule has 1 saturated heterocycles. The van der Waals surface area contributed by atoms with Gasteiger partial charge in [-0.3, -0.25) is 4.79 Å². The smallest absolute Gasteiger partial charge is 0.323 e. The minimum Gasteiger partial charge on any atom is -0.368 e. The molecule has 0 unspecified atom stereocenters. The molecule has 0 saturated carbocycles. The molecule has 1 heterocycles. The molecule has 4 rings (SSSR count). The Hall–Kier alpha value is -3.80. The topological polar surface area (TPSA) is 64.7 Å². The molecule has 0 atom stereocenters. The molecular weight excluding hydrogens is 412 g/mol. The van der Waals surface area contributed by atoms with Gasteiger partial charge in [0.1, 0.15) is 0 Å². The summed E-state index contributed by atoms with van der Waals surface area (Å²) >= 11 is 0. The summed E-state index contributed by atoms with van der Waals surface area (Å²) < 4.78 is 0. The molecule has 0 radical (unpaired) electrons. The van der Waals surface area contributed by atoms with Gasteiger partial charge in [-0.25, -0.2) is 4.79 Å².